The van der Waals surface area contributed by atoms with E-state index < -0.39 is 0 Å². The maximum atomic E-state index is 5.81. The van der Waals surface area contributed by atoms with Crippen LogP contribution in [0.5, 0.6) is 0 Å². The van der Waals surface area contributed by atoms with E-state index >= 15 is 0 Å². The van der Waals surface area contributed by atoms with Crippen molar-refractivity contribution >= 4 is 0 Å². The zero-order valence-corrected chi connectivity index (χ0v) is 6.73. The van der Waals surface area contributed by atoms with Gasteiger partial charge in [-0.1, -0.05) is 6.92 Å². The van der Waals surface area contributed by atoms with Gasteiger partial charge in [-0.15, -0.1) is 0 Å². The minimum absolute atomic E-state index is 0.359. The zero-order valence-electron chi connectivity index (χ0n) is 6.73. The third kappa shape index (κ3) is 0.800. The lowest BCUT2D eigenvalue weighted by molar-refractivity contribution is -0.164. The highest BCUT2D eigenvalue weighted by molar-refractivity contribution is 4.96. The highest BCUT2D eigenvalue weighted by Crippen LogP contribution is 2.46. The quantitative estimate of drug-likeness (QED) is 0.502. The van der Waals surface area contributed by atoms with Crippen molar-refractivity contribution in [3.63, 3.8) is 0 Å². The van der Waals surface area contributed by atoms with Crippen molar-refractivity contribution in [2.45, 2.75) is 44.6 Å². The van der Waals surface area contributed by atoms with Crippen molar-refractivity contribution in [3.05, 3.63) is 0 Å². The highest BCUT2D eigenvalue weighted by atomic mass is 16.5. The summed E-state index contributed by atoms with van der Waals surface area (Å²) < 4.78 is 5.81. The van der Waals surface area contributed by atoms with Gasteiger partial charge in [0.05, 0.1) is 5.60 Å². The Hall–Kier alpha value is -0.0400. The topological polar surface area (TPSA) is 9.23 Å². The summed E-state index contributed by atoms with van der Waals surface area (Å²) in [5.74, 6) is 0.841. The second-order valence-electron chi connectivity index (χ2n) is 3.81. The molecular weight excluding hydrogens is 124 g/mol. The predicted molar refractivity (Wildman–Crippen MR) is 40.9 cm³/mol. The summed E-state index contributed by atoms with van der Waals surface area (Å²) in [6.45, 7) is 3.35. The summed E-state index contributed by atoms with van der Waals surface area (Å²) in [4.78, 5) is 0. The first-order valence-electron chi connectivity index (χ1n) is 4.47. The van der Waals surface area contributed by atoms with Crippen LogP contribution < -0.4 is 0 Å². The van der Waals surface area contributed by atoms with E-state index in [4.69, 9.17) is 4.74 Å². The van der Waals surface area contributed by atoms with Gasteiger partial charge in [0.25, 0.3) is 0 Å². The minimum atomic E-state index is 0.359. The van der Waals surface area contributed by atoms with Gasteiger partial charge < -0.3 is 4.74 Å². The Balaban J connectivity index is 1.99. The van der Waals surface area contributed by atoms with Crippen molar-refractivity contribution in [1.29, 1.82) is 0 Å². The molecule has 1 aliphatic heterocycles. The van der Waals surface area contributed by atoms with Gasteiger partial charge in [0.15, 0.2) is 0 Å². The fourth-order valence-corrected chi connectivity index (χ4v) is 2.21. The average Bonchev–Trinajstić information content (AvgIpc) is 2.04. The number of ether oxygens (including phenoxy) is 1. The van der Waals surface area contributed by atoms with Gasteiger partial charge in [0.2, 0.25) is 0 Å². The molecule has 58 valence electrons. The van der Waals surface area contributed by atoms with E-state index in [1.54, 1.807) is 0 Å². The van der Waals surface area contributed by atoms with Crippen molar-refractivity contribution < 1.29 is 4.74 Å². The lowest BCUT2D eigenvalue weighted by atomic mass is 9.67. The van der Waals surface area contributed by atoms with Crippen LogP contribution in [0.15, 0.2) is 0 Å². The smallest absolute Gasteiger partial charge is 0.0708 e. The first-order chi connectivity index (χ1) is 4.83. The standard InChI is InChI=1S/C9H16O/c1-8-4-6-9(8)5-2-3-7-10-9/h8H,2-7H2,1H3/t8-,9+/m1/s1. The number of hydrogen-bond acceptors (Lipinski definition) is 1. The van der Waals surface area contributed by atoms with E-state index in [0.29, 0.717) is 5.60 Å². The Labute approximate surface area is 62.8 Å². The molecule has 2 aliphatic rings. The summed E-state index contributed by atoms with van der Waals surface area (Å²) in [5.41, 5.74) is 0.359. The summed E-state index contributed by atoms with van der Waals surface area (Å²) in [6, 6.07) is 0. The summed E-state index contributed by atoms with van der Waals surface area (Å²) in [5, 5.41) is 0. The molecule has 0 amide bonds. The third-order valence-electron chi connectivity index (χ3n) is 3.28. The molecule has 10 heavy (non-hydrogen) atoms. The van der Waals surface area contributed by atoms with Crippen LogP contribution in [0.2, 0.25) is 0 Å². The SMILES string of the molecule is C[C@@H]1CC[C@@]12CCCCO2. The van der Waals surface area contributed by atoms with Crippen molar-refractivity contribution in [3.8, 4) is 0 Å². The second kappa shape index (κ2) is 2.23. The molecule has 2 fully saturated rings. The van der Waals surface area contributed by atoms with Crippen LogP contribution in [-0.2, 0) is 4.74 Å². The lowest BCUT2D eigenvalue weighted by Crippen LogP contribution is -2.49. The Morgan fingerprint density at radius 1 is 1.30 bits per heavy atom. The molecule has 1 saturated carbocycles. The largest absolute Gasteiger partial charge is 0.375 e. The fraction of sp³-hybridized carbons (Fsp3) is 1.00. The monoisotopic (exact) mass is 140 g/mol. The third-order valence-corrected chi connectivity index (χ3v) is 3.28. The van der Waals surface area contributed by atoms with Crippen LogP contribution in [-0.4, -0.2) is 12.2 Å². The molecular formula is C9H16O. The minimum Gasteiger partial charge on any atom is -0.375 e. The number of hydrogen-bond donors (Lipinski definition) is 0. The van der Waals surface area contributed by atoms with E-state index in [-0.39, 0.29) is 0 Å². The molecule has 1 nitrogen and oxygen atoms in total. The average molecular weight is 140 g/mol. The molecule has 0 unspecified atom stereocenters. The molecule has 0 aromatic carbocycles. The molecule has 1 spiro atoms. The summed E-state index contributed by atoms with van der Waals surface area (Å²) >= 11 is 0. The second-order valence-corrected chi connectivity index (χ2v) is 3.81. The highest BCUT2D eigenvalue weighted by Gasteiger charge is 2.45. The van der Waals surface area contributed by atoms with Gasteiger partial charge in [-0.25, -0.2) is 0 Å². The first-order valence-corrected chi connectivity index (χ1v) is 4.47. The summed E-state index contributed by atoms with van der Waals surface area (Å²) in [6.07, 6.45) is 6.72. The first kappa shape index (κ1) is 6.66. The van der Waals surface area contributed by atoms with Crippen LogP contribution in [0.1, 0.15) is 39.0 Å². The number of rotatable bonds is 0. The van der Waals surface area contributed by atoms with Crippen molar-refractivity contribution in [1.82, 2.24) is 0 Å². The van der Waals surface area contributed by atoms with Gasteiger partial charge in [-0.05, 0) is 38.0 Å². The predicted octanol–water partition coefficient (Wildman–Crippen LogP) is 2.36. The van der Waals surface area contributed by atoms with E-state index in [1.807, 2.05) is 0 Å². The van der Waals surface area contributed by atoms with Crippen LogP contribution in [0.4, 0.5) is 0 Å². The maximum Gasteiger partial charge on any atom is 0.0708 e. The van der Waals surface area contributed by atoms with Crippen LogP contribution in [0.3, 0.4) is 0 Å². The molecule has 1 heteroatoms. The van der Waals surface area contributed by atoms with Gasteiger partial charge >= 0.3 is 0 Å². The summed E-state index contributed by atoms with van der Waals surface area (Å²) in [7, 11) is 0. The molecule has 1 heterocycles. The molecule has 2 atom stereocenters. The molecule has 1 aliphatic carbocycles. The van der Waals surface area contributed by atoms with Crippen LogP contribution in [0.25, 0.3) is 0 Å². The Bertz CT molecular complexity index is 125. The van der Waals surface area contributed by atoms with E-state index in [9.17, 15) is 0 Å². The molecule has 0 bridgehead atoms. The normalized spacial score (nSPS) is 47.1. The zero-order chi connectivity index (χ0) is 7.03. The van der Waals surface area contributed by atoms with Gasteiger partial charge in [-0.2, -0.15) is 0 Å². The van der Waals surface area contributed by atoms with E-state index in [0.717, 1.165) is 12.5 Å². The lowest BCUT2D eigenvalue weighted by Gasteiger charge is -2.50. The Morgan fingerprint density at radius 2 is 2.20 bits per heavy atom. The molecule has 0 radical (unpaired) electrons. The maximum absolute atomic E-state index is 5.81. The van der Waals surface area contributed by atoms with Crippen LogP contribution >= 0.6 is 0 Å². The van der Waals surface area contributed by atoms with Crippen LogP contribution in [0, 0.1) is 5.92 Å². The van der Waals surface area contributed by atoms with Crippen molar-refractivity contribution in [2.24, 2.45) is 5.92 Å². The molecule has 0 N–H and O–H groups in total. The van der Waals surface area contributed by atoms with Crippen molar-refractivity contribution in [2.75, 3.05) is 6.61 Å². The van der Waals surface area contributed by atoms with Gasteiger partial charge in [-0.3, -0.25) is 0 Å². The molecule has 2 rings (SSSR count). The van der Waals surface area contributed by atoms with Gasteiger partial charge in [0, 0.05) is 6.61 Å². The van der Waals surface area contributed by atoms with Gasteiger partial charge in [0.1, 0.15) is 0 Å². The molecule has 1 saturated heterocycles. The fourth-order valence-electron chi connectivity index (χ4n) is 2.21. The Kier molecular flexibility index (Phi) is 1.48. The molecule has 0 aromatic heterocycles. The molecule has 0 aromatic rings. The van der Waals surface area contributed by atoms with E-state index in [2.05, 4.69) is 6.92 Å². The Morgan fingerprint density at radius 3 is 2.50 bits per heavy atom. The van der Waals surface area contributed by atoms with E-state index in [1.165, 1.54) is 32.1 Å².